The van der Waals surface area contributed by atoms with E-state index in [9.17, 15) is 0 Å². The molecule has 0 radical (unpaired) electrons. The Morgan fingerprint density at radius 3 is 2.93 bits per heavy atom. The van der Waals surface area contributed by atoms with Gasteiger partial charge in [-0.25, -0.2) is 4.98 Å². The van der Waals surface area contributed by atoms with Gasteiger partial charge < -0.3 is 10.2 Å². The Kier molecular flexibility index (Phi) is 3.15. The van der Waals surface area contributed by atoms with Crippen molar-refractivity contribution >= 4 is 11.3 Å². The third kappa shape index (κ3) is 2.53. The van der Waals surface area contributed by atoms with Crippen molar-refractivity contribution in [3.63, 3.8) is 0 Å². The first kappa shape index (κ1) is 10.1. The molecule has 0 unspecified atom stereocenters. The van der Waals surface area contributed by atoms with Crippen molar-refractivity contribution in [1.82, 2.24) is 15.2 Å². The van der Waals surface area contributed by atoms with Crippen molar-refractivity contribution in [2.45, 2.75) is 13.0 Å². The molecule has 1 N–H and O–H groups in total. The number of thiazole rings is 1. The van der Waals surface area contributed by atoms with Gasteiger partial charge in [-0.15, -0.1) is 11.3 Å². The van der Waals surface area contributed by atoms with Crippen molar-refractivity contribution in [2.75, 3.05) is 27.2 Å². The Morgan fingerprint density at radius 2 is 2.36 bits per heavy atom. The molecule has 4 heteroatoms. The normalized spacial score (nSPS) is 17.4. The summed E-state index contributed by atoms with van der Waals surface area (Å²) in [6, 6.07) is 0. The second kappa shape index (κ2) is 4.38. The zero-order chi connectivity index (χ0) is 9.97. The van der Waals surface area contributed by atoms with Gasteiger partial charge in [-0.1, -0.05) is 0 Å². The van der Waals surface area contributed by atoms with Crippen LogP contribution in [0.25, 0.3) is 0 Å². The van der Waals surface area contributed by atoms with Gasteiger partial charge in [0.2, 0.25) is 0 Å². The molecule has 0 bridgehead atoms. The molecule has 0 spiro atoms. The number of hydrogen-bond acceptors (Lipinski definition) is 4. The van der Waals surface area contributed by atoms with Crippen LogP contribution in [0.4, 0.5) is 0 Å². The minimum Gasteiger partial charge on any atom is -0.316 e. The molecule has 3 nitrogen and oxygen atoms in total. The summed E-state index contributed by atoms with van der Waals surface area (Å²) < 4.78 is 0. The molecule has 1 saturated heterocycles. The van der Waals surface area contributed by atoms with E-state index in [1.807, 2.05) is 17.5 Å². The first-order valence-corrected chi connectivity index (χ1v) is 5.84. The van der Waals surface area contributed by atoms with Crippen LogP contribution < -0.4 is 5.32 Å². The number of hydrogen-bond donors (Lipinski definition) is 1. The molecule has 1 aromatic rings. The molecule has 0 saturated carbocycles. The van der Waals surface area contributed by atoms with Crippen LogP contribution in [-0.4, -0.2) is 37.1 Å². The van der Waals surface area contributed by atoms with Gasteiger partial charge in [-0.3, -0.25) is 0 Å². The van der Waals surface area contributed by atoms with Gasteiger partial charge >= 0.3 is 0 Å². The number of nitrogens with one attached hydrogen (secondary N) is 1. The van der Waals surface area contributed by atoms with E-state index >= 15 is 0 Å². The van der Waals surface area contributed by atoms with Crippen molar-refractivity contribution < 1.29 is 0 Å². The molecule has 0 aromatic carbocycles. The lowest BCUT2D eigenvalue weighted by Crippen LogP contribution is -2.43. The second-order valence-electron chi connectivity index (χ2n) is 4.19. The average Bonchev–Trinajstić information content (AvgIpc) is 2.44. The van der Waals surface area contributed by atoms with Gasteiger partial charge in [0.15, 0.2) is 0 Å². The van der Waals surface area contributed by atoms with Gasteiger partial charge in [0.25, 0.3) is 0 Å². The zero-order valence-electron chi connectivity index (χ0n) is 8.79. The van der Waals surface area contributed by atoms with Crippen molar-refractivity contribution in [2.24, 2.45) is 5.92 Å². The average molecular weight is 211 g/mol. The van der Waals surface area contributed by atoms with Crippen LogP contribution in [0.2, 0.25) is 0 Å². The summed E-state index contributed by atoms with van der Waals surface area (Å²) in [6.45, 7) is 3.35. The van der Waals surface area contributed by atoms with Gasteiger partial charge in [-0.05, 0) is 33.1 Å². The van der Waals surface area contributed by atoms with E-state index in [0.717, 1.165) is 18.9 Å². The SMILES string of the molecule is CN(C)Cc1cnc(CC2CNC2)s1. The van der Waals surface area contributed by atoms with E-state index in [1.54, 1.807) is 0 Å². The molecule has 1 fully saturated rings. The topological polar surface area (TPSA) is 28.2 Å². The molecule has 0 amide bonds. The van der Waals surface area contributed by atoms with Crippen molar-refractivity contribution in [3.05, 3.63) is 16.1 Å². The summed E-state index contributed by atoms with van der Waals surface area (Å²) in [6.07, 6.45) is 3.18. The first-order valence-electron chi connectivity index (χ1n) is 5.03. The van der Waals surface area contributed by atoms with Gasteiger partial charge in [0.1, 0.15) is 0 Å². The fourth-order valence-corrected chi connectivity index (χ4v) is 2.72. The van der Waals surface area contributed by atoms with E-state index in [4.69, 9.17) is 0 Å². The Morgan fingerprint density at radius 1 is 1.57 bits per heavy atom. The lowest BCUT2D eigenvalue weighted by atomic mass is 10.0. The van der Waals surface area contributed by atoms with Crippen LogP contribution in [0.3, 0.4) is 0 Å². The van der Waals surface area contributed by atoms with Crippen molar-refractivity contribution in [1.29, 1.82) is 0 Å². The van der Waals surface area contributed by atoms with Gasteiger partial charge in [-0.2, -0.15) is 0 Å². The molecular weight excluding hydrogens is 194 g/mol. The largest absolute Gasteiger partial charge is 0.316 e. The van der Waals surface area contributed by atoms with Crippen LogP contribution in [-0.2, 0) is 13.0 Å². The molecule has 1 aliphatic rings. The van der Waals surface area contributed by atoms with Crippen LogP contribution in [0, 0.1) is 5.92 Å². The molecular formula is C10H17N3S. The van der Waals surface area contributed by atoms with E-state index in [1.165, 1.54) is 23.0 Å². The van der Waals surface area contributed by atoms with Gasteiger partial charge in [0.05, 0.1) is 5.01 Å². The van der Waals surface area contributed by atoms with E-state index in [0.29, 0.717) is 0 Å². The Hall–Kier alpha value is -0.450. The summed E-state index contributed by atoms with van der Waals surface area (Å²) in [5.74, 6) is 0.827. The smallest absolute Gasteiger partial charge is 0.0931 e. The maximum Gasteiger partial charge on any atom is 0.0931 e. The molecule has 0 aliphatic carbocycles. The number of nitrogens with zero attached hydrogens (tertiary/aromatic N) is 2. The van der Waals surface area contributed by atoms with Crippen LogP contribution in [0.15, 0.2) is 6.20 Å². The summed E-state index contributed by atoms with van der Waals surface area (Å²) in [4.78, 5) is 8.01. The third-order valence-electron chi connectivity index (χ3n) is 2.40. The molecule has 1 aromatic heterocycles. The highest BCUT2D eigenvalue weighted by Crippen LogP contribution is 2.19. The maximum atomic E-state index is 4.46. The second-order valence-corrected chi connectivity index (χ2v) is 5.39. The Balaban J connectivity index is 1.88. The molecule has 2 rings (SSSR count). The van der Waals surface area contributed by atoms with E-state index in [-0.39, 0.29) is 0 Å². The standard InChI is InChI=1S/C10H17N3S/c1-13(2)7-9-6-12-10(14-9)3-8-4-11-5-8/h6,8,11H,3-5,7H2,1-2H3. The predicted molar refractivity (Wildman–Crippen MR) is 59.6 cm³/mol. The lowest BCUT2D eigenvalue weighted by Gasteiger charge is -2.25. The minimum atomic E-state index is 0.827. The highest BCUT2D eigenvalue weighted by molar-refractivity contribution is 7.11. The van der Waals surface area contributed by atoms with Crippen LogP contribution in [0.1, 0.15) is 9.88 Å². The minimum absolute atomic E-state index is 0.827. The lowest BCUT2D eigenvalue weighted by molar-refractivity contribution is 0.346. The van der Waals surface area contributed by atoms with Crippen LogP contribution in [0.5, 0.6) is 0 Å². The quantitative estimate of drug-likeness (QED) is 0.804. The molecule has 2 heterocycles. The Labute approximate surface area is 89.1 Å². The molecule has 0 atom stereocenters. The van der Waals surface area contributed by atoms with Crippen molar-refractivity contribution in [3.8, 4) is 0 Å². The molecule has 78 valence electrons. The highest BCUT2D eigenvalue weighted by atomic mass is 32.1. The predicted octanol–water partition coefficient (Wildman–Crippen LogP) is 0.967. The van der Waals surface area contributed by atoms with E-state index in [2.05, 4.69) is 29.3 Å². The first-order chi connectivity index (χ1) is 6.74. The molecule has 14 heavy (non-hydrogen) atoms. The fourth-order valence-electron chi connectivity index (χ4n) is 1.57. The maximum absolute atomic E-state index is 4.46. The van der Waals surface area contributed by atoms with Crippen LogP contribution >= 0.6 is 11.3 Å². The molecule has 1 aliphatic heterocycles. The summed E-state index contributed by atoms with van der Waals surface area (Å²) in [7, 11) is 4.19. The van der Waals surface area contributed by atoms with E-state index < -0.39 is 0 Å². The zero-order valence-corrected chi connectivity index (χ0v) is 9.60. The van der Waals surface area contributed by atoms with Gasteiger partial charge in [0, 0.05) is 24.0 Å². The number of rotatable bonds is 4. The number of aromatic nitrogens is 1. The summed E-state index contributed by atoms with van der Waals surface area (Å²) in [5, 5.41) is 4.59. The summed E-state index contributed by atoms with van der Waals surface area (Å²) in [5.41, 5.74) is 0. The third-order valence-corrected chi connectivity index (χ3v) is 3.41. The highest BCUT2D eigenvalue weighted by Gasteiger charge is 2.18. The summed E-state index contributed by atoms with van der Waals surface area (Å²) >= 11 is 1.86. The Bertz CT molecular complexity index is 291. The monoisotopic (exact) mass is 211 g/mol. The fraction of sp³-hybridized carbons (Fsp3) is 0.700.